The first-order chi connectivity index (χ1) is 11.1. The number of nitrogens with zero attached hydrogens (tertiary/aromatic N) is 2. The lowest BCUT2D eigenvalue weighted by atomic mass is 10.1. The van der Waals surface area contributed by atoms with E-state index in [-0.39, 0.29) is 25.0 Å². The van der Waals surface area contributed by atoms with Crippen molar-refractivity contribution >= 4 is 17.8 Å². The number of fused-ring (bicyclic) bond motifs is 1. The lowest BCUT2D eigenvalue weighted by Crippen LogP contribution is -2.31. The summed E-state index contributed by atoms with van der Waals surface area (Å²) in [5, 5.41) is 0. The van der Waals surface area contributed by atoms with Crippen molar-refractivity contribution < 1.29 is 19.1 Å². The van der Waals surface area contributed by atoms with Crippen molar-refractivity contribution in [2.45, 2.75) is 6.42 Å². The molecule has 0 radical (unpaired) electrons. The predicted molar refractivity (Wildman–Crippen MR) is 82.1 cm³/mol. The first-order valence-electron chi connectivity index (χ1n) is 7.32. The van der Waals surface area contributed by atoms with E-state index in [0.717, 1.165) is 0 Å². The Hall–Kier alpha value is -2.89. The minimum absolute atomic E-state index is 0.154. The van der Waals surface area contributed by atoms with Gasteiger partial charge < -0.3 is 9.30 Å². The van der Waals surface area contributed by atoms with Crippen LogP contribution in [-0.2, 0) is 11.8 Å². The van der Waals surface area contributed by atoms with E-state index in [1.165, 1.54) is 4.90 Å². The highest BCUT2D eigenvalue weighted by atomic mass is 16.5. The molecule has 1 aromatic heterocycles. The van der Waals surface area contributed by atoms with Crippen LogP contribution < -0.4 is 0 Å². The number of carbonyl (C=O) groups excluding carboxylic acids is 3. The lowest BCUT2D eigenvalue weighted by Gasteiger charge is -2.13. The Balaban J connectivity index is 1.51. The molecule has 0 unspecified atom stereocenters. The van der Waals surface area contributed by atoms with Crippen molar-refractivity contribution in [1.29, 1.82) is 0 Å². The summed E-state index contributed by atoms with van der Waals surface area (Å²) in [7, 11) is 1.82. The van der Waals surface area contributed by atoms with Crippen LogP contribution in [0.4, 0.5) is 0 Å². The van der Waals surface area contributed by atoms with Gasteiger partial charge in [0.25, 0.3) is 11.8 Å². The van der Waals surface area contributed by atoms with Crippen LogP contribution in [0.2, 0.25) is 0 Å². The topological polar surface area (TPSA) is 68.6 Å². The van der Waals surface area contributed by atoms with E-state index >= 15 is 0 Å². The monoisotopic (exact) mass is 312 g/mol. The highest BCUT2D eigenvalue weighted by Crippen LogP contribution is 2.22. The highest BCUT2D eigenvalue weighted by molar-refractivity contribution is 6.21. The van der Waals surface area contributed by atoms with Crippen LogP contribution in [-0.4, -0.2) is 40.4 Å². The zero-order valence-corrected chi connectivity index (χ0v) is 12.7. The summed E-state index contributed by atoms with van der Waals surface area (Å²) in [5.74, 6) is -0.993. The molecule has 0 N–H and O–H groups in total. The van der Waals surface area contributed by atoms with Crippen molar-refractivity contribution in [3.63, 3.8) is 0 Å². The van der Waals surface area contributed by atoms with Crippen LogP contribution in [0.5, 0.6) is 0 Å². The molecule has 1 aromatic carbocycles. The summed E-state index contributed by atoms with van der Waals surface area (Å²) in [5.41, 5.74) is 1.34. The number of rotatable bonds is 5. The summed E-state index contributed by atoms with van der Waals surface area (Å²) in [6.07, 6.45) is 3.84. The third-order valence-electron chi connectivity index (χ3n) is 3.71. The molecule has 0 bridgehead atoms. The van der Waals surface area contributed by atoms with Crippen molar-refractivity contribution in [2.75, 3.05) is 13.2 Å². The van der Waals surface area contributed by atoms with Crippen LogP contribution in [0.25, 0.3) is 0 Å². The average molecular weight is 312 g/mol. The Labute approximate surface area is 133 Å². The van der Waals surface area contributed by atoms with Gasteiger partial charge in [0.1, 0.15) is 0 Å². The zero-order valence-electron chi connectivity index (χ0n) is 12.7. The number of imide groups is 1. The maximum absolute atomic E-state index is 12.2. The molecule has 2 heterocycles. The van der Waals surface area contributed by atoms with Crippen molar-refractivity contribution in [3.8, 4) is 0 Å². The minimum atomic E-state index is -0.409. The van der Waals surface area contributed by atoms with Crippen LogP contribution in [0.1, 0.15) is 37.5 Å². The largest absolute Gasteiger partial charge is 0.462 e. The molecule has 2 aromatic rings. The molecule has 0 aliphatic carbocycles. The SMILES string of the molecule is Cn1ccc(C(=O)OCCCN2C(=O)c3ccccc3C2=O)c1. The lowest BCUT2D eigenvalue weighted by molar-refractivity contribution is 0.0482. The van der Waals surface area contributed by atoms with Crippen LogP contribution >= 0.6 is 0 Å². The third-order valence-corrected chi connectivity index (χ3v) is 3.71. The number of aromatic nitrogens is 1. The fraction of sp³-hybridized carbons (Fsp3) is 0.235. The summed E-state index contributed by atoms with van der Waals surface area (Å²) in [6, 6.07) is 8.42. The number of hydrogen-bond donors (Lipinski definition) is 0. The second-order valence-electron chi connectivity index (χ2n) is 5.36. The number of esters is 1. The molecule has 23 heavy (non-hydrogen) atoms. The number of hydrogen-bond acceptors (Lipinski definition) is 4. The normalized spacial score (nSPS) is 13.3. The summed E-state index contributed by atoms with van der Waals surface area (Å²) in [6.45, 7) is 0.384. The molecule has 118 valence electrons. The predicted octanol–water partition coefficient (Wildman–Crippen LogP) is 1.87. The maximum atomic E-state index is 12.2. The first-order valence-corrected chi connectivity index (χ1v) is 7.32. The van der Waals surface area contributed by atoms with Gasteiger partial charge in [-0.15, -0.1) is 0 Å². The molecule has 6 heteroatoms. The number of benzene rings is 1. The van der Waals surface area contributed by atoms with E-state index in [1.54, 1.807) is 47.3 Å². The zero-order chi connectivity index (χ0) is 16.4. The smallest absolute Gasteiger partial charge is 0.339 e. The molecule has 2 amide bonds. The Morgan fingerprint density at radius 3 is 2.30 bits per heavy atom. The van der Waals surface area contributed by atoms with Gasteiger partial charge in [-0.3, -0.25) is 14.5 Å². The van der Waals surface area contributed by atoms with Gasteiger partial charge >= 0.3 is 5.97 Å². The molecule has 0 fully saturated rings. The number of ether oxygens (including phenoxy) is 1. The number of carbonyl (C=O) groups is 3. The van der Waals surface area contributed by atoms with Gasteiger partial charge in [-0.25, -0.2) is 4.79 Å². The molecule has 1 aliphatic heterocycles. The average Bonchev–Trinajstić information content (AvgIpc) is 3.09. The molecule has 3 rings (SSSR count). The van der Waals surface area contributed by atoms with Gasteiger partial charge in [-0.05, 0) is 24.6 Å². The fourth-order valence-corrected chi connectivity index (χ4v) is 2.54. The fourth-order valence-electron chi connectivity index (χ4n) is 2.54. The highest BCUT2D eigenvalue weighted by Gasteiger charge is 2.34. The number of aryl methyl sites for hydroxylation is 1. The van der Waals surface area contributed by atoms with E-state index in [4.69, 9.17) is 4.74 Å². The van der Waals surface area contributed by atoms with E-state index < -0.39 is 5.97 Å². The molecule has 0 saturated carbocycles. The van der Waals surface area contributed by atoms with Crippen molar-refractivity contribution in [3.05, 3.63) is 59.4 Å². The van der Waals surface area contributed by atoms with Crippen LogP contribution in [0.3, 0.4) is 0 Å². The van der Waals surface area contributed by atoms with Gasteiger partial charge in [0, 0.05) is 26.0 Å². The molecule has 6 nitrogen and oxygen atoms in total. The third kappa shape index (κ3) is 2.88. The standard InChI is InChI=1S/C17H16N2O4/c1-18-9-7-12(11-18)17(22)23-10-4-8-19-15(20)13-5-2-3-6-14(13)16(19)21/h2-3,5-7,9,11H,4,8,10H2,1H3. The van der Waals surface area contributed by atoms with Gasteiger partial charge in [0.05, 0.1) is 23.3 Å². The second-order valence-corrected chi connectivity index (χ2v) is 5.36. The van der Waals surface area contributed by atoms with Crippen LogP contribution in [0.15, 0.2) is 42.7 Å². The van der Waals surface area contributed by atoms with Gasteiger partial charge in [0.2, 0.25) is 0 Å². The van der Waals surface area contributed by atoms with Gasteiger partial charge in [0.15, 0.2) is 0 Å². The second kappa shape index (κ2) is 6.08. The summed E-state index contributed by atoms with van der Waals surface area (Å²) >= 11 is 0. The van der Waals surface area contributed by atoms with E-state index in [2.05, 4.69) is 0 Å². The number of amides is 2. The summed E-state index contributed by atoms with van der Waals surface area (Å²) in [4.78, 5) is 37.3. The quantitative estimate of drug-likeness (QED) is 0.480. The summed E-state index contributed by atoms with van der Waals surface area (Å²) < 4.78 is 6.91. The van der Waals surface area contributed by atoms with E-state index in [0.29, 0.717) is 23.1 Å². The van der Waals surface area contributed by atoms with E-state index in [1.807, 2.05) is 7.05 Å². The van der Waals surface area contributed by atoms with Gasteiger partial charge in [-0.2, -0.15) is 0 Å². The van der Waals surface area contributed by atoms with Crippen LogP contribution in [0, 0.1) is 0 Å². The molecule has 0 spiro atoms. The molecular weight excluding hydrogens is 296 g/mol. The Kier molecular flexibility index (Phi) is 3.97. The van der Waals surface area contributed by atoms with E-state index in [9.17, 15) is 14.4 Å². The first kappa shape index (κ1) is 15.0. The Morgan fingerprint density at radius 1 is 1.09 bits per heavy atom. The van der Waals surface area contributed by atoms with Crippen molar-refractivity contribution in [2.24, 2.45) is 7.05 Å². The molecular formula is C17H16N2O4. The maximum Gasteiger partial charge on any atom is 0.339 e. The minimum Gasteiger partial charge on any atom is -0.462 e. The molecule has 0 saturated heterocycles. The van der Waals surface area contributed by atoms with Crippen molar-refractivity contribution in [1.82, 2.24) is 9.47 Å². The Bertz CT molecular complexity index is 743. The molecule has 1 aliphatic rings. The van der Waals surface area contributed by atoms with Gasteiger partial charge in [-0.1, -0.05) is 12.1 Å². The molecule has 0 atom stereocenters. The Morgan fingerprint density at radius 2 is 1.74 bits per heavy atom.